The summed E-state index contributed by atoms with van der Waals surface area (Å²) in [6.45, 7) is 3.97. The predicted octanol–water partition coefficient (Wildman–Crippen LogP) is 3.48. The third-order valence-electron chi connectivity index (χ3n) is 4.91. The van der Waals surface area contributed by atoms with Crippen molar-refractivity contribution >= 4 is 5.82 Å². The lowest BCUT2D eigenvalue weighted by molar-refractivity contribution is 0.492. The second-order valence-corrected chi connectivity index (χ2v) is 6.77. The van der Waals surface area contributed by atoms with E-state index in [0.717, 1.165) is 43.9 Å². The number of benzene rings is 1. The summed E-state index contributed by atoms with van der Waals surface area (Å²) in [7, 11) is 0. The molecule has 0 atom stereocenters. The van der Waals surface area contributed by atoms with E-state index in [9.17, 15) is 0 Å². The summed E-state index contributed by atoms with van der Waals surface area (Å²) in [6, 6.07) is 16.8. The van der Waals surface area contributed by atoms with E-state index < -0.39 is 0 Å². The van der Waals surface area contributed by atoms with E-state index in [1.54, 1.807) is 0 Å². The van der Waals surface area contributed by atoms with Crippen LogP contribution in [-0.2, 0) is 6.42 Å². The lowest BCUT2D eigenvalue weighted by Gasteiger charge is -2.31. The molecule has 5 nitrogen and oxygen atoms in total. The number of H-pyrrole nitrogens is 1. The van der Waals surface area contributed by atoms with Gasteiger partial charge in [0.05, 0.1) is 11.4 Å². The molecule has 0 aliphatic carbocycles. The SMILES string of the molecule is Cc1ccc(N2CCC(c3cc(Cc4ccccc4)[nH]n3)CC2)nn1. The molecule has 25 heavy (non-hydrogen) atoms. The van der Waals surface area contributed by atoms with Gasteiger partial charge in [0.15, 0.2) is 5.82 Å². The first-order chi connectivity index (χ1) is 12.3. The third kappa shape index (κ3) is 3.71. The summed E-state index contributed by atoms with van der Waals surface area (Å²) in [4.78, 5) is 2.32. The smallest absolute Gasteiger partial charge is 0.151 e. The van der Waals surface area contributed by atoms with E-state index in [2.05, 4.69) is 61.7 Å². The summed E-state index contributed by atoms with van der Waals surface area (Å²) in [5.74, 6) is 1.51. The van der Waals surface area contributed by atoms with E-state index >= 15 is 0 Å². The van der Waals surface area contributed by atoms with Crippen LogP contribution in [0.5, 0.6) is 0 Å². The van der Waals surface area contributed by atoms with Crippen molar-refractivity contribution in [3.8, 4) is 0 Å². The average molecular weight is 333 g/mol. The fourth-order valence-corrected chi connectivity index (χ4v) is 3.46. The number of hydrogen-bond donors (Lipinski definition) is 1. The molecule has 1 N–H and O–H groups in total. The van der Waals surface area contributed by atoms with Gasteiger partial charge in [0.1, 0.15) is 0 Å². The Hall–Kier alpha value is -2.69. The quantitative estimate of drug-likeness (QED) is 0.794. The molecule has 128 valence electrons. The molecule has 3 aromatic rings. The van der Waals surface area contributed by atoms with Gasteiger partial charge in [-0.1, -0.05) is 30.3 Å². The van der Waals surface area contributed by atoms with Crippen molar-refractivity contribution in [1.82, 2.24) is 20.4 Å². The van der Waals surface area contributed by atoms with E-state index in [-0.39, 0.29) is 0 Å². The lowest BCUT2D eigenvalue weighted by atomic mass is 9.93. The van der Waals surface area contributed by atoms with Gasteiger partial charge in [-0.2, -0.15) is 10.2 Å². The minimum absolute atomic E-state index is 0.524. The molecule has 1 aliphatic heterocycles. The molecule has 0 spiro atoms. The van der Waals surface area contributed by atoms with Crippen molar-refractivity contribution in [2.45, 2.75) is 32.1 Å². The molecule has 3 heterocycles. The van der Waals surface area contributed by atoms with Crippen LogP contribution in [-0.4, -0.2) is 33.5 Å². The van der Waals surface area contributed by atoms with Crippen molar-refractivity contribution in [3.63, 3.8) is 0 Å². The van der Waals surface area contributed by atoms with Crippen LogP contribution >= 0.6 is 0 Å². The van der Waals surface area contributed by atoms with Gasteiger partial charge in [-0.05, 0) is 43.5 Å². The molecule has 0 unspecified atom stereocenters. The van der Waals surface area contributed by atoms with Crippen molar-refractivity contribution < 1.29 is 0 Å². The van der Waals surface area contributed by atoms with E-state index in [0.29, 0.717) is 5.92 Å². The van der Waals surface area contributed by atoms with Gasteiger partial charge >= 0.3 is 0 Å². The molecular weight excluding hydrogens is 310 g/mol. The van der Waals surface area contributed by atoms with Gasteiger partial charge in [-0.15, -0.1) is 5.10 Å². The van der Waals surface area contributed by atoms with Gasteiger partial charge in [0.2, 0.25) is 0 Å². The van der Waals surface area contributed by atoms with Crippen molar-refractivity contribution in [2.24, 2.45) is 0 Å². The number of aromatic amines is 1. The van der Waals surface area contributed by atoms with Gasteiger partial charge in [0.25, 0.3) is 0 Å². The van der Waals surface area contributed by atoms with Crippen LogP contribution in [0.1, 0.15) is 41.4 Å². The molecule has 2 aromatic heterocycles. The molecule has 1 fully saturated rings. The van der Waals surface area contributed by atoms with Gasteiger partial charge < -0.3 is 4.90 Å². The maximum Gasteiger partial charge on any atom is 0.151 e. The largest absolute Gasteiger partial charge is 0.355 e. The van der Waals surface area contributed by atoms with Crippen LogP contribution < -0.4 is 4.90 Å². The molecule has 0 bridgehead atoms. The molecule has 0 saturated carbocycles. The van der Waals surface area contributed by atoms with E-state index in [1.807, 2.05) is 19.1 Å². The minimum atomic E-state index is 0.524. The highest BCUT2D eigenvalue weighted by Gasteiger charge is 2.23. The summed E-state index contributed by atoms with van der Waals surface area (Å²) in [5, 5.41) is 16.3. The zero-order valence-electron chi connectivity index (χ0n) is 14.5. The van der Waals surface area contributed by atoms with Crippen molar-refractivity contribution in [3.05, 3.63) is 71.2 Å². The molecule has 5 heteroatoms. The van der Waals surface area contributed by atoms with Gasteiger partial charge in [0, 0.05) is 31.1 Å². The lowest BCUT2D eigenvalue weighted by Crippen LogP contribution is -2.33. The molecule has 4 rings (SSSR count). The molecule has 1 aliphatic rings. The standard InChI is InChI=1S/C20H23N5/c1-15-7-8-20(24-21-15)25-11-9-17(10-12-25)19-14-18(22-23-19)13-16-5-3-2-4-6-16/h2-8,14,17H,9-13H2,1H3,(H,22,23). The fraction of sp³-hybridized carbons (Fsp3) is 0.350. The zero-order chi connectivity index (χ0) is 17.1. The van der Waals surface area contributed by atoms with E-state index in [4.69, 9.17) is 0 Å². The number of hydrogen-bond acceptors (Lipinski definition) is 4. The van der Waals surface area contributed by atoms with Crippen LogP contribution in [0.15, 0.2) is 48.5 Å². The number of rotatable bonds is 4. The van der Waals surface area contributed by atoms with Crippen LogP contribution in [0, 0.1) is 6.92 Å². The number of anilines is 1. The minimum Gasteiger partial charge on any atom is -0.355 e. The maximum absolute atomic E-state index is 4.57. The monoisotopic (exact) mass is 333 g/mol. The number of piperidine rings is 1. The van der Waals surface area contributed by atoms with Gasteiger partial charge in [-0.3, -0.25) is 5.10 Å². The molecule has 0 amide bonds. The first kappa shape index (κ1) is 15.8. The second-order valence-electron chi connectivity index (χ2n) is 6.77. The summed E-state index contributed by atoms with van der Waals surface area (Å²) >= 11 is 0. The highest BCUT2D eigenvalue weighted by Crippen LogP contribution is 2.29. The first-order valence-electron chi connectivity index (χ1n) is 8.91. The number of nitrogens with zero attached hydrogens (tertiary/aromatic N) is 4. The Balaban J connectivity index is 1.37. The molecular formula is C20H23N5. The van der Waals surface area contributed by atoms with Crippen LogP contribution in [0.4, 0.5) is 5.82 Å². The topological polar surface area (TPSA) is 57.7 Å². The van der Waals surface area contributed by atoms with E-state index in [1.165, 1.54) is 17.0 Å². The summed E-state index contributed by atoms with van der Waals surface area (Å²) < 4.78 is 0. The van der Waals surface area contributed by atoms with Crippen molar-refractivity contribution in [1.29, 1.82) is 0 Å². The highest BCUT2D eigenvalue weighted by molar-refractivity contribution is 5.38. The van der Waals surface area contributed by atoms with Crippen molar-refractivity contribution in [2.75, 3.05) is 18.0 Å². The van der Waals surface area contributed by atoms with Crippen LogP contribution in [0.25, 0.3) is 0 Å². The Kier molecular flexibility index (Phi) is 4.46. The highest BCUT2D eigenvalue weighted by atomic mass is 15.3. The number of aryl methyl sites for hydroxylation is 1. The number of aromatic nitrogens is 4. The second kappa shape index (κ2) is 7.05. The summed E-state index contributed by atoms with van der Waals surface area (Å²) in [5.41, 5.74) is 4.65. The Labute approximate surface area is 148 Å². The third-order valence-corrected chi connectivity index (χ3v) is 4.91. The molecule has 0 radical (unpaired) electrons. The maximum atomic E-state index is 4.57. The fourth-order valence-electron chi connectivity index (χ4n) is 3.46. The molecule has 1 aromatic carbocycles. The average Bonchev–Trinajstić information content (AvgIpc) is 3.12. The Morgan fingerprint density at radius 3 is 2.56 bits per heavy atom. The van der Waals surface area contributed by atoms with Crippen LogP contribution in [0.3, 0.4) is 0 Å². The number of nitrogens with one attached hydrogen (secondary N) is 1. The first-order valence-corrected chi connectivity index (χ1v) is 8.91. The molecule has 1 saturated heterocycles. The van der Waals surface area contributed by atoms with Crippen LogP contribution in [0.2, 0.25) is 0 Å². The summed E-state index contributed by atoms with van der Waals surface area (Å²) in [6.07, 6.45) is 3.11. The normalized spacial score (nSPS) is 15.5. The Morgan fingerprint density at radius 2 is 1.84 bits per heavy atom. The zero-order valence-corrected chi connectivity index (χ0v) is 14.5. The van der Waals surface area contributed by atoms with Gasteiger partial charge in [-0.25, -0.2) is 0 Å². The Morgan fingerprint density at radius 1 is 1.04 bits per heavy atom. The predicted molar refractivity (Wildman–Crippen MR) is 98.8 cm³/mol. The Bertz CT molecular complexity index is 802.